The molecule has 1 saturated heterocycles. The maximum atomic E-state index is 4.44. The molecule has 1 aromatic heterocycles. The van der Waals surface area contributed by atoms with Gasteiger partial charge in [0, 0.05) is 39.3 Å². The van der Waals surface area contributed by atoms with Crippen LogP contribution in [-0.4, -0.2) is 49.7 Å². The van der Waals surface area contributed by atoms with Crippen LogP contribution in [0.25, 0.3) is 0 Å². The second-order valence-corrected chi connectivity index (χ2v) is 5.41. The van der Waals surface area contributed by atoms with E-state index in [4.69, 9.17) is 0 Å². The minimum atomic E-state index is 0.647. The van der Waals surface area contributed by atoms with Crippen molar-refractivity contribution < 1.29 is 0 Å². The summed E-state index contributed by atoms with van der Waals surface area (Å²) >= 11 is 0. The van der Waals surface area contributed by atoms with Crippen molar-refractivity contribution in [3.63, 3.8) is 0 Å². The molecule has 5 nitrogen and oxygen atoms in total. The second-order valence-electron chi connectivity index (χ2n) is 5.41. The average molecular weight is 263 g/mol. The Labute approximate surface area is 116 Å². The fourth-order valence-corrected chi connectivity index (χ4v) is 2.47. The Morgan fingerprint density at radius 3 is 3.11 bits per heavy atom. The number of hydrogen-bond donors (Lipinski definition) is 1. The normalized spacial score (nSPS) is 20.2. The van der Waals surface area contributed by atoms with Crippen LogP contribution in [0.3, 0.4) is 0 Å². The Balaban J connectivity index is 2.12. The molecule has 1 aromatic rings. The quantitative estimate of drug-likeness (QED) is 0.889. The molecule has 1 aliphatic rings. The molecule has 19 heavy (non-hydrogen) atoms. The number of aromatic nitrogens is 2. The van der Waals surface area contributed by atoms with E-state index in [-0.39, 0.29) is 0 Å². The highest BCUT2D eigenvalue weighted by Gasteiger charge is 2.16. The van der Waals surface area contributed by atoms with Crippen LogP contribution in [0.15, 0.2) is 12.4 Å². The van der Waals surface area contributed by atoms with Gasteiger partial charge >= 0.3 is 0 Å². The molecule has 2 heterocycles. The summed E-state index contributed by atoms with van der Waals surface area (Å²) in [6.45, 7) is 9.66. The standard InChI is InChI=1S/C14H25N5/c1-4-6-18(3)13-8-14(17-11-16-13)19-7-5-15-9-12(2)10-19/h8,11-12,15H,4-7,9-10H2,1-3H3. The van der Waals surface area contributed by atoms with Gasteiger partial charge in [-0.05, 0) is 18.9 Å². The number of rotatable bonds is 4. The molecule has 0 aliphatic carbocycles. The summed E-state index contributed by atoms with van der Waals surface area (Å²) in [6.07, 6.45) is 2.81. The first-order chi connectivity index (χ1) is 9.20. The zero-order valence-electron chi connectivity index (χ0n) is 12.3. The van der Waals surface area contributed by atoms with Crippen molar-refractivity contribution in [1.29, 1.82) is 0 Å². The first kappa shape index (κ1) is 14.1. The van der Waals surface area contributed by atoms with Gasteiger partial charge in [0.25, 0.3) is 0 Å². The molecule has 0 spiro atoms. The lowest BCUT2D eigenvalue weighted by atomic mass is 10.2. The fraction of sp³-hybridized carbons (Fsp3) is 0.714. The van der Waals surface area contributed by atoms with E-state index in [1.54, 1.807) is 6.33 Å². The van der Waals surface area contributed by atoms with Crippen molar-refractivity contribution in [3.05, 3.63) is 12.4 Å². The summed E-state index contributed by atoms with van der Waals surface area (Å²) in [4.78, 5) is 13.4. The van der Waals surface area contributed by atoms with Crippen LogP contribution in [0.4, 0.5) is 11.6 Å². The van der Waals surface area contributed by atoms with Gasteiger partial charge in [0.1, 0.15) is 18.0 Å². The second kappa shape index (κ2) is 6.70. The van der Waals surface area contributed by atoms with Crippen LogP contribution in [0.2, 0.25) is 0 Å². The third-order valence-electron chi connectivity index (χ3n) is 3.50. The molecule has 0 amide bonds. The van der Waals surface area contributed by atoms with Crippen LogP contribution >= 0.6 is 0 Å². The lowest BCUT2D eigenvalue weighted by Gasteiger charge is -2.25. The maximum Gasteiger partial charge on any atom is 0.134 e. The molecule has 0 saturated carbocycles. The molecule has 5 heteroatoms. The predicted octanol–water partition coefficient (Wildman–Crippen LogP) is 1.37. The topological polar surface area (TPSA) is 44.3 Å². The van der Waals surface area contributed by atoms with Crippen molar-refractivity contribution in [2.24, 2.45) is 5.92 Å². The minimum Gasteiger partial charge on any atom is -0.360 e. The minimum absolute atomic E-state index is 0.647. The fourth-order valence-electron chi connectivity index (χ4n) is 2.47. The lowest BCUT2D eigenvalue weighted by Crippen LogP contribution is -2.30. The summed E-state index contributed by atoms with van der Waals surface area (Å²) in [5.41, 5.74) is 0. The van der Waals surface area contributed by atoms with E-state index in [9.17, 15) is 0 Å². The number of anilines is 2. The van der Waals surface area contributed by atoms with Crippen LogP contribution in [0.5, 0.6) is 0 Å². The third kappa shape index (κ3) is 3.80. The SMILES string of the molecule is CCCN(C)c1cc(N2CCNCC(C)C2)ncn1. The molecule has 0 radical (unpaired) electrons. The molecule has 1 atom stereocenters. The van der Waals surface area contributed by atoms with Crippen LogP contribution in [0, 0.1) is 5.92 Å². The van der Waals surface area contributed by atoms with Gasteiger partial charge < -0.3 is 15.1 Å². The van der Waals surface area contributed by atoms with Crippen LogP contribution in [0.1, 0.15) is 20.3 Å². The van der Waals surface area contributed by atoms with E-state index in [1.807, 2.05) is 0 Å². The van der Waals surface area contributed by atoms with E-state index >= 15 is 0 Å². The number of nitrogens with one attached hydrogen (secondary N) is 1. The first-order valence-corrected chi connectivity index (χ1v) is 7.19. The van der Waals surface area contributed by atoms with Gasteiger partial charge in [-0.1, -0.05) is 13.8 Å². The zero-order valence-corrected chi connectivity index (χ0v) is 12.3. The van der Waals surface area contributed by atoms with E-state index in [0.717, 1.165) is 50.8 Å². The molecule has 2 rings (SSSR count). The van der Waals surface area contributed by atoms with Crippen molar-refractivity contribution in [2.45, 2.75) is 20.3 Å². The van der Waals surface area contributed by atoms with Gasteiger partial charge in [0.15, 0.2) is 0 Å². The average Bonchev–Trinajstić information content (AvgIpc) is 2.64. The van der Waals surface area contributed by atoms with E-state index in [2.05, 4.69) is 52.0 Å². The summed E-state index contributed by atoms with van der Waals surface area (Å²) < 4.78 is 0. The van der Waals surface area contributed by atoms with Gasteiger partial charge in [-0.3, -0.25) is 0 Å². The van der Waals surface area contributed by atoms with Gasteiger partial charge in [-0.25, -0.2) is 9.97 Å². The summed E-state index contributed by atoms with van der Waals surface area (Å²) in [7, 11) is 2.09. The molecule has 1 fully saturated rings. The van der Waals surface area contributed by atoms with Crippen molar-refractivity contribution >= 4 is 11.6 Å². The molecular weight excluding hydrogens is 238 g/mol. The van der Waals surface area contributed by atoms with E-state index in [1.165, 1.54) is 0 Å². The van der Waals surface area contributed by atoms with Crippen LogP contribution < -0.4 is 15.1 Å². The number of nitrogens with zero attached hydrogens (tertiary/aromatic N) is 4. The molecule has 1 unspecified atom stereocenters. The molecule has 0 aromatic carbocycles. The molecule has 0 bridgehead atoms. The number of hydrogen-bond acceptors (Lipinski definition) is 5. The summed E-state index contributed by atoms with van der Waals surface area (Å²) in [5, 5.41) is 3.46. The first-order valence-electron chi connectivity index (χ1n) is 7.19. The third-order valence-corrected chi connectivity index (χ3v) is 3.50. The largest absolute Gasteiger partial charge is 0.360 e. The zero-order chi connectivity index (χ0) is 13.7. The van der Waals surface area contributed by atoms with Crippen molar-refractivity contribution in [2.75, 3.05) is 49.6 Å². The van der Waals surface area contributed by atoms with Gasteiger partial charge in [0.2, 0.25) is 0 Å². The summed E-state index contributed by atoms with van der Waals surface area (Å²) in [5.74, 6) is 2.70. The summed E-state index contributed by atoms with van der Waals surface area (Å²) in [6, 6.07) is 2.10. The van der Waals surface area contributed by atoms with E-state index in [0.29, 0.717) is 5.92 Å². The van der Waals surface area contributed by atoms with Crippen molar-refractivity contribution in [3.8, 4) is 0 Å². The molecule has 1 N–H and O–H groups in total. The van der Waals surface area contributed by atoms with Gasteiger partial charge in [0.05, 0.1) is 0 Å². The molecule has 1 aliphatic heterocycles. The molecule has 106 valence electrons. The van der Waals surface area contributed by atoms with E-state index < -0.39 is 0 Å². The monoisotopic (exact) mass is 263 g/mol. The van der Waals surface area contributed by atoms with Crippen LogP contribution in [-0.2, 0) is 0 Å². The predicted molar refractivity (Wildman–Crippen MR) is 79.8 cm³/mol. The Morgan fingerprint density at radius 1 is 1.47 bits per heavy atom. The Hall–Kier alpha value is -1.36. The van der Waals surface area contributed by atoms with Gasteiger partial charge in [-0.15, -0.1) is 0 Å². The highest BCUT2D eigenvalue weighted by Crippen LogP contribution is 2.18. The highest BCUT2D eigenvalue weighted by molar-refractivity contribution is 5.49. The Kier molecular flexibility index (Phi) is 4.96. The van der Waals surface area contributed by atoms with Crippen molar-refractivity contribution in [1.82, 2.24) is 15.3 Å². The maximum absolute atomic E-state index is 4.44. The highest BCUT2D eigenvalue weighted by atomic mass is 15.2. The Morgan fingerprint density at radius 2 is 2.32 bits per heavy atom. The Bertz CT molecular complexity index is 395. The molecular formula is C14H25N5. The lowest BCUT2D eigenvalue weighted by molar-refractivity contribution is 0.563. The van der Waals surface area contributed by atoms with Gasteiger partial charge in [-0.2, -0.15) is 0 Å². The smallest absolute Gasteiger partial charge is 0.134 e.